The molecule has 1 fully saturated rings. The van der Waals surface area contributed by atoms with Gasteiger partial charge in [0.05, 0.1) is 23.4 Å². The smallest absolute Gasteiger partial charge is 0.337 e. The normalized spacial score (nSPS) is 13.6. The fraction of sp³-hybridized carbons (Fsp3) is 0.353. The van der Waals surface area contributed by atoms with Crippen LogP contribution in [-0.2, 0) is 11.2 Å². The van der Waals surface area contributed by atoms with Crippen molar-refractivity contribution < 1.29 is 14.3 Å². The van der Waals surface area contributed by atoms with E-state index in [1.165, 1.54) is 7.11 Å². The van der Waals surface area contributed by atoms with E-state index in [9.17, 15) is 9.59 Å². The van der Waals surface area contributed by atoms with Crippen LogP contribution in [0.15, 0.2) is 24.3 Å². The summed E-state index contributed by atoms with van der Waals surface area (Å²) in [6.45, 7) is 0.457. The van der Waals surface area contributed by atoms with Crippen LogP contribution in [0, 0.1) is 0 Å². The summed E-state index contributed by atoms with van der Waals surface area (Å²) in [5.41, 5.74) is 2.62. The highest BCUT2D eigenvalue weighted by molar-refractivity contribution is 6.34. The first-order valence-corrected chi connectivity index (χ1v) is 8.17. The van der Waals surface area contributed by atoms with Crippen molar-refractivity contribution in [3.05, 3.63) is 51.8 Å². The Bertz CT molecular complexity index is 751. The lowest BCUT2D eigenvalue weighted by atomic mass is 10.1. The third-order valence-electron chi connectivity index (χ3n) is 4.01. The van der Waals surface area contributed by atoms with E-state index in [0.717, 1.165) is 24.1 Å². The molecule has 1 amide bonds. The van der Waals surface area contributed by atoms with E-state index in [1.807, 2.05) is 12.1 Å². The minimum absolute atomic E-state index is 0.250. The number of benzene rings is 1. The molecule has 6 nitrogen and oxygen atoms in total. The molecule has 1 aliphatic carbocycles. The van der Waals surface area contributed by atoms with Crippen molar-refractivity contribution in [1.29, 1.82) is 0 Å². The van der Waals surface area contributed by atoms with Crippen molar-refractivity contribution in [2.75, 3.05) is 13.7 Å². The van der Waals surface area contributed by atoms with Gasteiger partial charge < -0.3 is 10.1 Å². The molecule has 24 heavy (non-hydrogen) atoms. The second-order valence-electron chi connectivity index (χ2n) is 5.77. The summed E-state index contributed by atoms with van der Waals surface area (Å²) in [5, 5.41) is 10.1. The van der Waals surface area contributed by atoms with E-state index < -0.39 is 0 Å². The zero-order valence-corrected chi connectivity index (χ0v) is 14.0. The summed E-state index contributed by atoms with van der Waals surface area (Å²) in [6, 6.07) is 7.08. The molecule has 0 bridgehead atoms. The van der Waals surface area contributed by atoms with Crippen molar-refractivity contribution >= 4 is 23.5 Å². The highest BCUT2D eigenvalue weighted by Crippen LogP contribution is 2.42. The van der Waals surface area contributed by atoms with Gasteiger partial charge in [-0.1, -0.05) is 23.7 Å². The van der Waals surface area contributed by atoms with Crippen LogP contribution >= 0.6 is 11.6 Å². The Balaban J connectivity index is 1.52. The van der Waals surface area contributed by atoms with Gasteiger partial charge in [-0.3, -0.25) is 9.89 Å². The number of carbonyl (C=O) groups excluding carboxylic acids is 2. The lowest BCUT2D eigenvalue weighted by Crippen LogP contribution is -2.26. The largest absolute Gasteiger partial charge is 0.465 e. The molecule has 0 unspecified atom stereocenters. The van der Waals surface area contributed by atoms with Crippen molar-refractivity contribution in [3.8, 4) is 0 Å². The number of nitrogens with one attached hydrogen (secondary N) is 2. The second-order valence-corrected chi connectivity index (χ2v) is 6.15. The maximum Gasteiger partial charge on any atom is 0.337 e. The van der Waals surface area contributed by atoms with Crippen molar-refractivity contribution in [2.45, 2.75) is 25.2 Å². The molecule has 1 aromatic heterocycles. The number of ether oxygens (including phenoxy) is 1. The van der Waals surface area contributed by atoms with Gasteiger partial charge in [0.15, 0.2) is 5.69 Å². The van der Waals surface area contributed by atoms with Gasteiger partial charge in [0.2, 0.25) is 0 Å². The molecule has 2 N–H and O–H groups in total. The molecule has 2 aromatic rings. The van der Waals surface area contributed by atoms with E-state index in [0.29, 0.717) is 29.5 Å². The van der Waals surface area contributed by atoms with Gasteiger partial charge in [0.25, 0.3) is 5.91 Å². The fourth-order valence-corrected chi connectivity index (χ4v) is 2.79. The molecule has 1 saturated carbocycles. The van der Waals surface area contributed by atoms with Crippen LogP contribution in [0.3, 0.4) is 0 Å². The predicted octanol–water partition coefficient (Wildman–Crippen LogP) is 2.70. The molecule has 1 aromatic carbocycles. The molecule has 1 heterocycles. The van der Waals surface area contributed by atoms with Gasteiger partial charge in [-0.15, -0.1) is 0 Å². The number of methoxy groups -OCH3 is 1. The first-order valence-electron chi connectivity index (χ1n) is 7.79. The summed E-state index contributed by atoms with van der Waals surface area (Å²) in [6.07, 6.45) is 2.82. The third-order valence-corrected chi connectivity index (χ3v) is 4.39. The van der Waals surface area contributed by atoms with Gasteiger partial charge >= 0.3 is 5.97 Å². The van der Waals surface area contributed by atoms with E-state index in [1.54, 1.807) is 12.1 Å². The summed E-state index contributed by atoms with van der Waals surface area (Å²) < 4.78 is 4.65. The van der Waals surface area contributed by atoms with Gasteiger partial charge in [-0.05, 0) is 37.0 Å². The number of aromatic amines is 1. The molecule has 3 rings (SSSR count). The van der Waals surface area contributed by atoms with E-state index >= 15 is 0 Å². The first kappa shape index (κ1) is 16.5. The Kier molecular flexibility index (Phi) is 4.85. The number of esters is 1. The standard InChI is InChI=1S/C17H18ClN3O3/c1-24-17(23)12-4-2-10(3-5-12)8-9-19-16(22)15-13(18)14(20-21-15)11-6-7-11/h2-5,11H,6-9H2,1H3,(H,19,22)(H,20,21). The summed E-state index contributed by atoms with van der Waals surface area (Å²) in [4.78, 5) is 23.5. The number of rotatable bonds is 6. The minimum Gasteiger partial charge on any atom is -0.465 e. The number of nitrogens with zero attached hydrogens (tertiary/aromatic N) is 1. The zero-order chi connectivity index (χ0) is 17.1. The molecular weight excluding hydrogens is 330 g/mol. The van der Waals surface area contributed by atoms with E-state index in [4.69, 9.17) is 11.6 Å². The molecule has 7 heteroatoms. The Morgan fingerprint density at radius 2 is 2.04 bits per heavy atom. The number of H-pyrrole nitrogens is 1. The molecule has 1 aliphatic rings. The lowest BCUT2D eigenvalue weighted by Gasteiger charge is -2.05. The Morgan fingerprint density at radius 3 is 2.67 bits per heavy atom. The summed E-state index contributed by atoms with van der Waals surface area (Å²) in [5.74, 6) is -0.233. The Labute approximate surface area is 144 Å². The van der Waals surface area contributed by atoms with Crippen LogP contribution in [0.25, 0.3) is 0 Å². The molecule has 0 spiro atoms. The van der Waals surface area contributed by atoms with Gasteiger partial charge in [0.1, 0.15) is 0 Å². The second kappa shape index (κ2) is 7.05. The maximum absolute atomic E-state index is 12.2. The van der Waals surface area contributed by atoms with Crippen molar-refractivity contribution in [3.63, 3.8) is 0 Å². The van der Waals surface area contributed by atoms with Crippen LogP contribution in [-0.4, -0.2) is 35.7 Å². The first-order chi connectivity index (χ1) is 11.6. The van der Waals surface area contributed by atoms with Gasteiger partial charge in [-0.2, -0.15) is 5.10 Å². The lowest BCUT2D eigenvalue weighted by molar-refractivity contribution is 0.0600. The number of hydrogen-bond donors (Lipinski definition) is 2. The van der Waals surface area contributed by atoms with Crippen LogP contribution in [0.5, 0.6) is 0 Å². The van der Waals surface area contributed by atoms with Crippen LogP contribution < -0.4 is 5.32 Å². The molecule has 0 radical (unpaired) electrons. The minimum atomic E-state index is -0.366. The SMILES string of the molecule is COC(=O)c1ccc(CCNC(=O)c2n[nH]c(C3CC3)c2Cl)cc1. The number of carbonyl (C=O) groups is 2. The van der Waals surface area contributed by atoms with E-state index in [-0.39, 0.29) is 17.6 Å². The fourth-order valence-electron chi connectivity index (χ4n) is 2.46. The predicted molar refractivity (Wildman–Crippen MR) is 89.4 cm³/mol. The van der Waals surface area contributed by atoms with Crippen molar-refractivity contribution in [1.82, 2.24) is 15.5 Å². The number of hydrogen-bond acceptors (Lipinski definition) is 4. The summed E-state index contributed by atoms with van der Waals surface area (Å²) in [7, 11) is 1.35. The van der Waals surface area contributed by atoms with Crippen LogP contribution in [0.1, 0.15) is 50.9 Å². The van der Waals surface area contributed by atoms with E-state index in [2.05, 4.69) is 20.3 Å². The Morgan fingerprint density at radius 1 is 1.33 bits per heavy atom. The number of aromatic nitrogens is 2. The average Bonchev–Trinajstić information content (AvgIpc) is 3.37. The quantitative estimate of drug-likeness (QED) is 0.787. The highest BCUT2D eigenvalue weighted by atomic mass is 35.5. The zero-order valence-electron chi connectivity index (χ0n) is 13.3. The van der Waals surface area contributed by atoms with Gasteiger partial charge in [0, 0.05) is 12.5 Å². The third kappa shape index (κ3) is 3.59. The molecule has 0 atom stereocenters. The molecule has 0 aliphatic heterocycles. The number of halogens is 1. The highest BCUT2D eigenvalue weighted by Gasteiger charge is 2.30. The molecular formula is C17H18ClN3O3. The summed E-state index contributed by atoms with van der Waals surface area (Å²) >= 11 is 6.21. The number of amides is 1. The maximum atomic E-state index is 12.2. The Hall–Kier alpha value is -2.34. The molecule has 0 saturated heterocycles. The van der Waals surface area contributed by atoms with Crippen LogP contribution in [0.4, 0.5) is 0 Å². The van der Waals surface area contributed by atoms with Crippen LogP contribution in [0.2, 0.25) is 5.02 Å². The monoisotopic (exact) mass is 347 g/mol. The average molecular weight is 348 g/mol. The van der Waals surface area contributed by atoms with Gasteiger partial charge in [-0.25, -0.2) is 4.79 Å². The molecule has 126 valence electrons. The topological polar surface area (TPSA) is 84.1 Å². The van der Waals surface area contributed by atoms with Crippen molar-refractivity contribution in [2.24, 2.45) is 0 Å².